The number of carbonyl (C=O) groups excluding carboxylic acids is 1. The van der Waals surface area contributed by atoms with E-state index in [2.05, 4.69) is 46.4 Å². The van der Waals surface area contributed by atoms with E-state index in [1.54, 1.807) is 0 Å². The molecule has 0 radical (unpaired) electrons. The first-order valence-corrected chi connectivity index (χ1v) is 7.00. The maximum Gasteiger partial charge on any atom is 0.228 e. The Morgan fingerprint density at radius 1 is 1.21 bits per heavy atom. The van der Waals surface area contributed by atoms with Gasteiger partial charge in [-0.25, -0.2) is 0 Å². The molecule has 1 aromatic rings. The monoisotopic (exact) mass is 259 g/mol. The first-order valence-electron chi connectivity index (χ1n) is 7.00. The maximum atomic E-state index is 12.5. The minimum Gasteiger partial charge on any atom is -0.333 e. The second kappa shape index (κ2) is 5.31. The Hall–Kier alpha value is -1.39. The number of nitrogens with zero attached hydrogens (tertiary/aromatic N) is 2. The minimum absolute atomic E-state index is 0.189. The summed E-state index contributed by atoms with van der Waals surface area (Å²) in [5, 5.41) is 3.19. The lowest BCUT2D eigenvalue weighted by Gasteiger charge is -2.43. The van der Waals surface area contributed by atoms with Gasteiger partial charge in [-0.2, -0.15) is 0 Å². The van der Waals surface area contributed by atoms with Crippen LogP contribution in [0.2, 0.25) is 0 Å². The minimum atomic E-state index is 0.189. The normalized spacial score (nSPS) is 25.1. The first-order chi connectivity index (χ1) is 9.25. The van der Waals surface area contributed by atoms with Gasteiger partial charge in [-0.05, 0) is 12.6 Å². The molecule has 2 aliphatic heterocycles. The van der Waals surface area contributed by atoms with Gasteiger partial charge in [-0.1, -0.05) is 30.3 Å². The summed E-state index contributed by atoms with van der Waals surface area (Å²) >= 11 is 0. The van der Waals surface area contributed by atoms with E-state index in [9.17, 15) is 4.79 Å². The molecule has 4 nitrogen and oxygen atoms in total. The molecule has 19 heavy (non-hydrogen) atoms. The molecule has 4 heteroatoms. The van der Waals surface area contributed by atoms with Crippen molar-refractivity contribution in [1.82, 2.24) is 15.1 Å². The van der Waals surface area contributed by atoms with Gasteiger partial charge in [0.25, 0.3) is 0 Å². The molecule has 1 N–H and O–H groups in total. The lowest BCUT2D eigenvalue weighted by Crippen LogP contribution is -2.57. The second-order valence-corrected chi connectivity index (χ2v) is 5.58. The SMILES string of the molecule is CN1CCN(C(=O)C2CNC2)C(c2ccccc2)C1. The molecule has 2 aliphatic rings. The predicted molar refractivity (Wildman–Crippen MR) is 74.8 cm³/mol. The lowest BCUT2D eigenvalue weighted by molar-refractivity contribution is -0.142. The molecule has 0 saturated carbocycles. The molecule has 1 atom stereocenters. The number of piperazine rings is 1. The second-order valence-electron chi connectivity index (χ2n) is 5.58. The molecule has 102 valence electrons. The Bertz CT molecular complexity index is 444. The fraction of sp³-hybridized carbons (Fsp3) is 0.533. The molecule has 1 unspecified atom stereocenters. The van der Waals surface area contributed by atoms with Crippen molar-refractivity contribution in [2.75, 3.05) is 39.8 Å². The molecule has 0 aromatic heterocycles. The molecule has 0 bridgehead atoms. The molecule has 1 amide bonds. The van der Waals surface area contributed by atoms with Crippen molar-refractivity contribution in [2.24, 2.45) is 5.92 Å². The number of amides is 1. The van der Waals surface area contributed by atoms with Crippen LogP contribution >= 0.6 is 0 Å². The van der Waals surface area contributed by atoms with Gasteiger partial charge in [0, 0.05) is 32.7 Å². The van der Waals surface area contributed by atoms with Crippen molar-refractivity contribution in [3.8, 4) is 0 Å². The van der Waals surface area contributed by atoms with Crippen LogP contribution in [0.5, 0.6) is 0 Å². The van der Waals surface area contributed by atoms with Crippen molar-refractivity contribution in [1.29, 1.82) is 0 Å². The molecular formula is C15H21N3O. The summed E-state index contributed by atoms with van der Waals surface area (Å²) < 4.78 is 0. The van der Waals surface area contributed by atoms with Gasteiger partial charge in [-0.15, -0.1) is 0 Å². The van der Waals surface area contributed by atoms with Crippen molar-refractivity contribution >= 4 is 5.91 Å². The van der Waals surface area contributed by atoms with Gasteiger partial charge in [0.15, 0.2) is 0 Å². The zero-order chi connectivity index (χ0) is 13.2. The summed E-state index contributed by atoms with van der Waals surface area (Å²) in [5.41, 5.74) is 1.25. The third-order valence-electron chi connectivity index (χ3n) is 4.18. The van der Waals surface area contributed by atoms with Crippen LogP contribution in [0.4, 0.5) is 0 Å². The van der Waals surface area contributed by atoms with E-state index in [1.807, 2.05) is 6.07 Å². The average molecular weight is 259 g/mol. The van der Waals surface area contributed by atoms with Crippen molar-refractivity contribution in [3.63, 3.8) is 0 Å². The van der Waals surface area contributed by atoms with Gasteiger partial charge >= 0.3 is 0 Å². The zero-order valence-electron chi connectivity index (χ0n) is 11.4. The number of nitrogens with one attached hydrogen (secondary N) is 1. The molecule has 1 aromatic carbocycles. The number of rotatable bonds is 2. The Balaban J connectivity index is 1.81. The summed E-state index contributed by atoms with van der Waals surface area (Å²) in [4.78, 5) is 16.9. The molecule has 3 rings (SSSR count). The molecule has 2 saturated heterocycles. The number of hydrogen-bond acceptors (Lipinski definition) is 3. The fourth-order valence-corrected chi connectivity index (χ4v) is 2.84. The van der Waals surface area contributed by atoms with E-state index in [0.29, 0.717) is 5.91 Å². The first kappa shape index (κ1) is 12.6. The number of likely N-dealkylation sites (N-methyl/N-ethyl adjacent to an activating group) is 1. The van der Waals surface area contributed by atoms with Crippen molar-refractivity contribution < 1.29 is 4.79 Å². The highest BCUT2D eigenvalue weighted by atomic mass is 16.2. The van der Waals surface area contributed by atoms with E-state index >= 15 is 0 Å². The highest BCUT2D eigenvalue weighted by Gasteiger charge is 2.35. The van der Waals surface area contributed by atoms with Crippen LogP contribution < -0.4 is 5.32 Å². The average Bonchev–Trinajstić information content (AvgIpc) is 2.37. The smallest absolute Gasteiger partial charge is 0.228 e. The van der Waals surface area contributed by atoms with E-state index < -0.39 is 0 Å². The van der Waals surface area contributed by atoms with E-state index in [-0.39, 0.29) is 12.0 Å². The van der Waals surface area contributed by atoms with Gasteiger partial charge in [0.05, 0.1) is 12.0 Å². The lowest BCUT2D eigenvalue weighted by atomic mass is 9.97. The Morgan fingerprint density at radius 2 is 1.95 bits per heavy atom. The Labute approximate surface area is 114 Å². The van der Waals surface area contributed by atoms with E-state index in [0.717, 1.165) is 32.7 Å². The third kappa shape index (κ3) is 2.51. The Kier molecular flexibility index (Phi) is 3.53. The summed E-state index contributed by atoms with van der Waals surface area (Å²) in [6, 6.07) is 10.6. The highest BCUT2D eigenvalue weighted by Crippen LogP contribution is 2.27. The summed E-state index contributed by atoms with van der Waals surface area (Å²) in [7, 11) is 2.13. The standard InChI is InChI=1S/C15H21N3O/c1-17-7-8-18(15(19)13-9-16-10-13)14(11-17)12-5-3-2-4-6-12/h2-6,13-14,16H,7-11H2,1H3. The Morgan fingerprint density at radius 3 is 2.58 bits per heavy atom. The molecular weight excluding hydrogens is 238 g/mol. The summed E-state index contributed by atoms with van der Waals surface area (Å²) in [6.07, 6.45) is 0. The van der Waals surface area contributed by atoms with Crippen LogP contribution in [0.15, 0.2) is 30.3 Å². The van der Waals surface area contributed by atoms with Gasteiger partial charge in [0.1, 0.15) is 0 Å². The quantitative estimate of drug-likeness (QED) is 0.850. The number of carbonyl (C=O) groups is 1. The van der Waals surface area contributed by atoms with Crippen LogP contribution in [-0.2, 0) is 4.79 Å². The predicted octanol–water partition coefficient (Wildman–Crippen LogP) is 0.721. The van der Waals surface area contributed by atoms with Crippen LogP contribution in [-0.4, -0.2) is 55.5 Å². The van der Waals surface area contributed by atoms with Crippen molar-refractivity contribution in [3.05, 3.63) is 35.9 Å². The molecule has 0 aliphatic carbocycles. The highest BCUT2D eigenvalue weighted by molar-refractivity contribution is 5.80. The molecule has 2 heterocycles. The fourth-order valence-electron chi connectivity index (χ4n) is 2.84. The van der Waals surface area contributed by atoms with E-state index in [4.69, 9.17) is 0 Å². The third-order valence-corrected chi connectivity index (χ3v) is 4.18. The van der Waals surface area contributed by atoms with Crippen LogP contribution in [0.3, 0.4) is 0 Å². The summed E-state index contributed by atoms with van der Waals surface area (Å²) in [5.74, 6) is 0.510. The van der Waals surface area contributed by atoms with Crippen LogP contribution in [0, 0.1) is 5.92 Å². The summed E-state index contributed by atoms with van der Waals surface area (Å²) in [6.45, 7) is 4.41. The zero-order valence-corrected chi connectivity index (χ0v) is 11.4. The van der Waals surface area contributed by atoms with Crippen molar-refractivity contribution in [2.45, 2.75) is 6.04 Å². The van der Waals surface area contributed by atoms with Crippen LogP contribution in [0.25, 0.3) is 0 Å². The van der Waals surface area contributed by atoms with Gasteiger partial charge in [-0.3, -0.25) is 4.79 Å². The van der Waals surface area contributed by atoms with Gasteiger partial charge in [0.2, 0.25) is 5.91 Å². The van der Waals surface area contributed by atoms with E-state index in [1.165, 1.54) is 5.56 Å². The maximum absolute atomic E-state index is 12.5. The van der Waals surface area contributed by atoms with Crippen LogP contribution in [0.1, 0.15) is 11.6 Å². The van der Waals surface area contributed by atoms with Gasteiger partial charge < -0.3 is 15.1 Å². The molecule has 0 spiro atoms. The number of hydrogen-bond donors (Lipinski definition) is 1. The molecule has 2 fully saturated rings. The topological polar surface area (TPSA) is 35.6 Å². The largest absolute Gasteiger partial charge is 0.333 e. The number of benzene rings is 1.